The Kier molecular flexibility index (Phi) is 6.60. The van der Waals surface area contributed by atoms with Crippen LogP contribution in [0.15, 0.2) is 22.2 Å². The van der Waals surface area contributed by atoms with Gasteiger partial charge in [0.15, 0.2) is 11.5 Å². The van der Waals surface area contributed by atoms with Crippen LogP contribution in [-0.4, -0.2) is 42.5 Å². The second kappa shape index (κ2) is 9.14. The summed E-state index contributed by atoms with van der Waals surface area (Å²) in [5, 5.41) is 2.28. The monoisotopic (exact) mass is 460 g/mol. The number of carbonyl (C=O) groups is 3. The van der Waals surface area contributed by atoms with E-state index in [9.17, 15) is 14.4 Å². The lowest BCUT2D eigenvalue weighted by molar-refractivity contribution is -0.132. The van der Waals surface area contributed by atoms with Gasteiger partial charge in [0.25, 0.3) is 11.8 Å². The number of benzene rings is 1. The minimum absolute atomic E-state index is 0.0642. The van der Waals surface area contributed by atoms with Crippen LogP contribution in [-0.2, 0) is 9.59 Å². The Labute approximate surface area is 177 Å². The highest BCUT2D eigenvalue weighted by atomic mass is 79.9. The fourth-order valence-electron chi connectivity index (χ4n) is 3.59. The molecule has 0 bridgehead atoms. The number of amides is 4. The fraction of sp³-hybridized carbons (Fsp3) is 0.381. The van der Waals surface area contributed by atoms with Gasteiger partial charge in [0.1, 0.15) is 12.2 Å². The SMILES string of the molecule is C#CCOc1c(Br)cc(C=C2C(=O)NC(=O)N(C3CCCCC3)C2=O)cc1OC. The molecule has 2 fully saturated rings. The van der Waals surface area contributed by atoms with Gasteiger partial charge < -0.3 is 9.47 Å². The zero-order valence-electron chi connectivity index (χ0n) is 16.0. The van der Waals surface area contributed by atoms with Crippen molar-refractivity contribution >= 4 is 39.9 Å². The zero-order valence-corrected chi connectivity index (χ0v) is 17.6. The van der Waals surface area contributed by atoms with Crippen LogP contribution < -0.4 is 14.8 Å². The van der Waals surface area contributed by atoms with Gasteiger partial charge in [-0.25, -0.2) is 4.79 Å². The van der Waals surface area contributed by atoms with Gasteiger partial charge in [-0.15, -0.1) is 6.42 Å². The van der Waals surface area contributed by atoms with Gasteiger partial charge in [-0.1, -0.05) is 25.2 Å². The lowest BCUT2D eigenvalue weighted by atomic mass is 9.93. The van der Waals surface area contributed by atoms with Crippen molar-refractivity contribution in [1.29, 1.82) is 0 Å². The van der Waals surface area contributed by atoms with E-state index in [0.29, 0.717) is 21.5 Å². The number of rotatable bonds is 5. The van der Waals surface area contributed by atoms with Crippen LogP contribution in [0.4, 0.5) is 4.79 Å². The smallest absolute Gasteiger partial charge is 0.331 e. The Morgan fingerprint density at radius 2 is 2.00 bits per heavy atom. The van der Waals surface area contributed by atoms with Crippen molar-refractivity contribution in [1.82, 2.24) is 10.2 Å². The summed E-state index contributed by atoms with van der Waals surface area (Å²) in [6.45, 7) is 0.0642. The van der Waals surface area contributed by atoms with Gasteiger partial charge in [-0.3, -0.25) is 19.8 Å². The summed E-state index contributed by atoms with van der Waals surface area (Å²) >= 11 is 3.40. The average molecular weight is 461 g/mol. The minimum Gasteiger partial charge on any atom is -0.493 e. The summed E-state index contributed by atoms with van der Waals surface area (Å²) in [5.41, 5.74) is 0.444. The number of methoxy groups -OCH3 is 1. The quantitative estimate of drug-likeness (QED) is 0.414. The second-order valence-corrected chi connectivity index (χ2v) is 7.67. The second-order valence-electron chi connectivity index (χ2n) is 6.81. The van der Waals surface area contributed by atoms with Gasteiger partial charge in [0.2, 0.25) is 0 Å². The highest BCUT2D eigenvalue weighted by Gasteiger charge is 2.40. The number of nitrogens with zero attached hydrogens (tertiary/aromatic N) is 1. The standard InChI is InChI=1S/C21H21BrN2O5/c1-3-9-29-18-16(22)11-13(12-17(18)28-2)10-15-19(25)23-21(27)24(20(15)26)14-7-5-4-6-8-14/h1,10-12,14H,4-9H2,2H3,(H,23,25,27). The van der Waals surface area contributed by atoms with Crippen LogP contribution in [0, 0.1) is 12.3 Å². The van der Waals surface area contributed by atoms with Crippen molar-refractivity contribution in [2.75, 3.05) is 13.7 Å². The maximum absolute atomic E-state index is 13.0. The lowest BCUT2D eigenvalue weighted by Gasteiger charge is -2.35. The van der Waals surface area contributed by atoms with Gasteiger partial charge in [0, 0.05) is 6.04 Å². The topological polar surface area (TPSA) is 84.9 Å². The molecule has 1 N–H and O–H groups in total. The van der Waals surface area contributed by atoms with Crippen molar-refractivity contribution in [2.24, 2.45) is 0 Å². The van der Waals surface area contributed by atoms with Crippen LogP contribution >= 0.6 is 15.9 Å². The molecule has 1 aromatic rings. The molecule has 0 aromatic heterocycles. The predicted octanol–water partition coefficient (Wildman–Crippen LogP) is 3.26. The van der Waals surface area contributed by atoms with Gasteiger partial charge in [-0.2, -0.15) is 0 Å². The van der Waals surface area contributed by atoms with Crippen LogP contribution in [0.3, 0.4) is 0 Å². The lowest BCUT2D eigenvalue weighted by Crippen LogP contribution is -2.58. The molecule has 3 rings (SSSR count). The number of barbiturate groups is 1. The van der Waals surface area contributed by atoms with Crippen LogP contribution in [0.25, 0.3) is 6.08 Å². The molecule has 8 heteroatoms. The Bertz CT molecular complexity index is 912. The fourth-order valence-corrected chi connectivity index (χ4v) is 4.16. The Morgan fingerprint density at radius 3 is 2.66 bits per heavy atom. The molecule has 4 amide bonds. The molecule has 1 aromatic carbocycles. The Morgan fingerprint density at radius 1 is 1.28 bits per heavy atom. The number of imide groups is 2. The first-order chi connectivity index (χ1) is 14.0. The van der Waals surface area contributed by atoms with E-state index < -0.39 is 17.8 Å². The number of terminal acetylenes is 1. The first-order valence-corrected chi connectivity index (χ1v) is 10.1. The van der Waals surface area contributed by atoms with E-state index in [0.717, 1.165) is 32.1 Å². The number of carbonyl (C=O) groups excluding carboxylic acids is 3. The number of hydrogen-bond donors (Lipinski definition) is 1. The predicted molar refractivity (Wildman–Crippen MR) is 110 cm³/mol. The summed E-state index contributed by atoms with van der Waals surface area (Å²) < 4.78 is 11.4. The molecule has 1 aliphatic carbocycles. The third kappa shape index (κ3) is 4.46. The van der Waals surface area contributed by atoms with Crippen molar-refractivity contribution in [3.8, 4) is 23.8 Å². The summed E-state index contributed by atoms with van der Waals surface area (Å²) in [6, 6.07) is 2.48. The summed E-state index contributed by atoms with van der Waals surface area (Å²) in [5.74, 6) is 1.91. The van der Waals surface area contributed by atoms with Crippen LogP contribution in [0.2, 0.25) is 0 Å². The van der Waals surface area contributed by atoms with E-state index in [2.05, 4.69) is 27.2 Å². The third-order valence-corrected chi connectivity index (χ3v) is 5.52. The van der Waals surface area contributed by atoms with Crippen LogP contribution in [0.5, 0.6) is 11.5 Å². The molecule has 0 atom stereocenters. The van der Waals surface area contributed by atoms with Gasteiger partial charge >= 0.3 is 6.03 Å². The Balaban J connectivity index is 1.94. The summed E-state index contributed by atoms with van der Waals surface area (Å²) in [7, 11) is 1.48. The Hall–Kier alpha value is -2.79. The average Bonchev–Trinajstić information content (AvgIpc) is 2.70. The van der Waals surface area contributed by atoms with E-state index in [1.54, 1.807) is 12.1 Å². The van der Waals surface area contributed by atoms with E-state index in [-0.39, 0.29) is 18.2 Å². The highest BCUT2D eigenvalue weighted by Crippen LogP contribution is 2.37. The molecule has 1 aliphatic heterocycles. The number of ether oxygens (including phenoxy) is 2. The molecule has 1 heterocycles. The molecule has 0 unspecified atom stereocenters. The molecule has 7 nitrogen and oxygen atoms in total. The number of halogens is 1. The van der Waals surface area contributed by atoms with Crippen molar-refractivity contribution in [3.05, 3.63) is 27.7 Å². The maximum Gasteiger partial charge on any atom is 0.331 e. The molecular weight excluding hydrogens is 440 g/mol. The number of nitrogens with one attached hydrogen (secondary N) is 1. The molecule has 1 saturated carbocycles. The third-order valence-electron chi connectivity index (χ3n) is 4.94. The minimum atomic E-state index is -0.713. The first kappa shape index (κ1) is 20.9. The summed E-state index contributed by atoms with van der Waals surface area (Å²) in [4.78, 5) is 38.8. The molecule has 152 valence electrons. The molecular formula is C21H21BrN2O5. The van der Waals surface area contributed by atoms with Crippen LogP contribution in [0.1, 0.15) is 37.7 Å². The number of hydrogen-bond acceptors (Lipinski definition) is 5. The molecule has 29 heavy (non-hydrogen) atoms. The zero-order chi connectivity index (χ0) is 21.0. The van der Waals surface area contributed by atoms with Gasteiger partial charge in [0.05, 0.1) is 11.6 Å². The van der Waals surface area contributed by atoms with E-state index in [1.807, 2.05) is 0 Å². The van der Waals surface area contributed by atoms with Gasteiger partial charge in [-0.05, 0) is 52.5 Å². The largest absolute Gasteiger partial charge is 0.493 e. The first-order valence-electron chi connectivity index (χ1n) is 9.30. The molecule has 0 spiro atoms. The maximum atomic E-state index is 13.0. The van der Waals surface area contributed by atoms with Crippen molar-refractivity contribution in [2.45, 2.75) is 38.1 Å². The van der Waals surface area contributed by atoms with Crippen molar-refractivity contribution in [3.63, 3.8) is 0 Å². The molecule has 0 radical (unpaired) electrons. The van der Waals surface area contributed by atoms with E-state index in [4.69, 9.17) is 15.9 Å². The highest BCUT2D eigenvalue weighted by molar-refractivity contribution is 9.10. The summed E-state index contributed by atoms with van der Waals surface area (Å²) in [6.07, 6.45) is 11.2. The number of urea groups is 1. The van der Waals surface area contributed by atoms with Crippen molar-refractivity contribution < 1.29 is 23.9 Å². The molecule has 1 saturated heterocycles. The van der Waals surface area contributed by atoms with E-state index in [1.165, 1.54) is 18.1 Å². The normalized spacial score (nSPS) is 19.1. The van der Waals surface area contributed by atoms with E-state index >= 15 is 0 Å². The molecule has 2 aliphatic rings.